The van der Waals surface area contributed by atoms with Crippen LogP contribution in [-0.4, -0.2) is 59.4 Å². The maximum atomic E-state index is 15.4. The lowest BCUT2D eigenvalue weighted by atomic mass is 9.85. The molecule has 3 heterocycles. The van der Waals surface area contributed by atoms with Gasteiger partial charge in [-0.2, -0.15) is 0 Å². The van der Waals surface area contributed by atoms with Crippen LogP contribution in [0.25, 0.3) is 17.2 Å². The van der Waals surface area contributed by atoms with Crippen molar-refractivity contribution in [3.8, 4) is 16.9 Å². The van der Waals surface area contributed by atoms with Crippen molar-refractivity contribution in [1.82, 2.24) is 9.88 Å². The molecule has 0 aliphatic carbocycles. The molecule has 1 saturated heterocycles. The number of allylic oxidation sites excluding steroid dienone is 1. The molecule has 7 nitrogen and oxygen atoms in total. The van der Waals surface area contributed by atoms with Crippen LogP contribution in [0.2, 0.25) is 0 Å². The van der Waals surface area contributed by atoms with Crippen molar-refractivity contribution < 1.29 is 19.0 Å². The Hall–Kier alpha value is -3.55. The molecule has 2 aliphatic rings. The standard InChI is InChI=1S/C32H41FN4O3/c1-7-23(20(3)36-32(34-6)37-13-9-8-10-14-37)16-26-21(4)35-22(5)27(18-29(38)39)30(26)25-17-28(33)31-24(19(25)2)12-11-15-40-31/h16-17H,7-15,18H2,1-6H3,(H,38,39)/b23-16+,34-32?,36-20+. The lowest BCUT2D eigenvalue weighted by Crippen LogP contribution is -2.35. The van der Waals surface area contributed by atoms with Crippen LogP contribution in [0.3, 0.4) is 0 Å². The minimum absolute atomic E-state index is 0.208. The Balaban J connectivity index is 1.93. The fraction of sp³-hybridized carbons (Fsp3) is 0.500. The first-order valence-electron chi connectivity index (χ1n) is 14.3. The van der Waals surface area contributed by atoms with E-state index in [4.69, 9.17) is 14.7 Å². The number of hydrogen-bond donors (Lipinski definition) is 1. The zero-order chi connectivity index (χ0) is 29.0. The number of aliphatic carboxylic acids is 1. The molecule has 0 radical (unpaired) electrons. The molecule has 2 aliphatic heterocycles. The van der Waals surface area contributed by atoms with Gasteiger partial charge >= 0.3 is 5.97 Å². The number of halogens is 1. The summed E-state index contributed by atoms with van der Waals surface area (Å²) in [6, 6.07) is 1.50. The van der Waals surface area contributed by atoms with E-state index >= 15 is 4.39 Å². The fourth-order valence-electron chi connectivity index (χ4n) is 5.89. The molecule has 1 fully saturated rings. The normalized spacial score (nSPS) is 16.6. The van der Waals surface area contributed by atoms with Crippen LogP contribution in [0, 0.1) is 26.6 Å². The van der Waals surface area contributed by atoms with E-state index in [0.29, 0.717) is 35.6 Å². The Kier molecular flexibility index (Phi) is 9.38. The minimum atomic E-state index is -0.955. The lowest BCUT2D eigenvalue weighted by Gasteiger charge is -2.27. The van der Waals surface area contributed by atoms with E-state index in [9.17, 15) is 9.90 Å². The number of carbonyl (C=O) groups is 1. The minimum Gasteiger partial charge on any atom is -0.490 e. The van der Waals surface area contributed by atoms with Crippen molar-refractivity contribution in [2.75, 3.05) is 26.7 Å². The van der Waals surface area contributed by atoms with E-state index < -0.39 is 11.8 Å². The number of guanidine groups is 1. The molecule has 4 rings (SSSR count). The van der Waals surface area contributed by atoms with Crippen molar-refractivity contribution in [1.29, 1.82) is 0 Å². The van der Waals surface area contributed by atoms with Crippen molar-refractivity contribution in [2.45, 2.75) is 79.6 Å². The Morgan fingerprint density at radius 1 is 1.18 bits per heavy atom. The van der Waals surface area contributed by atoms with Gasteiger partial charge in [-0.25, -0.2) is 9.38 Å². The van der Waals surface area contributed by atoms with Crippen LogP contribution in [-0.2, 0) is 17.6 Å². The highest BCUT2D eigenvalue weighted by molar-refractivity contribution is 6.08. The van der Waals surface area contributed by atoms with E-state index in [1.165, 1.54) is 12.5 Å². The molecule has 2 aromatic rings. The van der Waals surface area contributed by atoms with Gasteiger partial charge in [-0.1, -0.05) is 6.92 Å². The number of fused-ring (bicyclic) bond motifs is 1. The zero-order valence-electron chi connectivity index (χ0n) is 24.7. The monoisotopic (exact) mass is 548 g/mol. The van der Waals surface area contributed by atoms with Crippen molar-refractivity contribution >= 4 is 23.7 Å². The SMILES string of the molecule is CCC(=C\c1c(C)nc(C)c(CC(=O)O)c1-c1cc(F)c2c(c1C)CCCO2)/C(C)=N/C(=NC)N1CCCCC1. The summed E-state index contributed by atoms with van der Waals surface area (Å²) in [6.07, 6.45) is 7.58. The Morgan fingerprint density at radius 3 is 2.55 bits per heavy atom. The molecule has 214 valence electrons. The Morgan fingerprint density at radius 2 is 1.90 bits per heavy atom. The average Bonchev–Trinajstić information content (AvgIpc) is 2.94. The highest BCUT2D eigenvalue weighted by Gasteiger charge is 2.26. The van der Waals surface area contributed by atoms with E-state index in [1.54, 1.807) is 7.05 Å². The van der Waals surface area contributed by atoms with E-state index in [0.717, 1.165) is 84.0 Å². The number of benzene rings is 1. The maximum Gasteiger partial charge on any atom is 0.307 e. The number of likely N-dealkylation sites (tertiary alicyclic amines) is 1. The first kappa shape index (κ1) is 29.4. The molecule has 1 N–H and O–H groups in total. The molecule has 0 spiro atoms. The number of carboxylic acid groups (broad SMARTS) is 1. The number of hydrogen-bond acceptors (Lipinski definition) is 4. The predicted octanol–water partition coefficient (Wildman–Crippen LogP) is 6.49. The summed E-state index contributed by atoms with van der Waals surface area (Å²) in [7, 11) is 1.78. The third kappa shape index (κ3) is 6.11. The molecule has 1 aromatic heterocycles. The molecule has 0 amide bonds. The van der Waals surface area contributed by atoms with Gasteiger partial charge in [0.15, 0.2) is 11.6 Å². The van der Waals surface area contributed by atoms with E-state index in [1.807, 2.05) is 27.7 Å². The summed E-state index contributed by atoms with van der Waals surface area (Å²) in [4.78, 5) is 28.4. The van der Waals surface area contributed by atoms with Crippen LogP contribution >= 0.6 is 0 Å². The third-order valence-corrected chi connectivity index (χ3v) is 8.04. The fourth-order valence-corrected chi connectivity index (χ4v) is 5.89. The average molecular weight is 549 g/mol. The largest absolute Gasteiger partial charge is 0.490 e. The molecule has 8 heteroatoms. The molecule has 1 aromatic carbocycles. The second-order valence-corrected chi connectivity index (χ2v) is 10.7. The van der Waals surface area contributed by atoms with Crippen LogP contribution in [0.5, 0.6) is 5.75 Å². The summed E-state index contributed by atoms with van der Waals surface area (Å²) in [5.41, 5.74) is 7.79. The number of pyridine rings is 1. The van der Waals surface area contributed by atoms with Gasteiger partial charge in [0.05, 0.1) is 13.0 Å². The van der Waals surface area contributed by atoms with Crippen molar-refractivity contribution in [2.24, 2.45) is 9.98 Å². The molecular formula is C32H41FN4O3. The Labute approximate surface area is 236 Å². The summed E-state index contributed by atoms with van der Waals surface area (Å²) in [6.45, 7) is 12.2. The van der Waals surface area contributed by atoms with Crippen molar-refractivity contribution in [3.05, 3.63) is 51.1 Å². The summed E-state index contributed by atoms with van der Waals surface area (Å²) >= 11 is 0. The summed E-state index contributed by atoms with van der Waals surface area (Å²) in [5, 5.41) is 9.83. The third-order valence-electron chi connectivity index (χ3n) is 8.04. The maximum absolute atomic E-state index is 15.4. The number of piperidine rings is 1. The highest BCUT2D eigenvalue weighted by Crippen LogP contribution is 2.41. The van der Waals surface area contributed by atoms with Gasteiger partial charge in [0.1, 0.15) is 0 Å². The number of aliphatic imine (C=N–C) groups is 2. The van der Waals surface area contributed by atoms with Gasteiger partial charge in [-0.05, 0) is 106 Å². The predicted molar refractivity (Wildman–Crippen MR) is 159 cm³/mol. The molecule has 0 unspecified atom stereocenters. The number of carboxylic acids is 1. The topological polar surface area (TPSA) is 87.4 Å². The number of aromatic nitrogens is 1. The number of aryl methyl sites for hydroxylation is 2. The quantitative estimate of drug-likeness (QED) is 0.329. The number of rotatable bonds is 6. The highest BCUT2D eigenvalue weighted by atomic mass is 19.1. The van der Waals surface area contributed by atoms with Crippen LogP contribution in [0.15, 0.2) is 21.6 Å². The van der Waals surface area contributed by atoms with Gasteiger partial charge in [-0.3, -0.25) is 14.8 Å². The summed E-state index contributed by atoms with van der Waals surface area (Å²) < 4.78 is 21.1. The summed E-state index contributed by atoms with van der Waals surface area (Å²) in [5.74, 6) is -0.330. The molecule has 0 saturated carbocycles. The van der Waals surface area contributed by atoms with Crippen LogP contribution in [0.1, 0.15) is 79.6 Å². The van der Waals surface area contributed by atoms with Crippen LogP contribution < -0.4 is 4.74 Å². The van der Waals surface area contributed by atoms with Crippen molar-refractivity contribution in [3.63, 3.8) is 0 Å². The van der Waals surface area contributed by atoms with Crippen LogP contribution in [0.4, 0.5) is 4.39 Å². The Bertz CT molecular complexity index is 1390. The van der Waals surface area contributed by atoms with Gasteiger partial charge < -0.3 is 14.7 Å². The number of ether oxygens (including phenoxy) is 1. The number of nitrogens with zero attached hydrogens (tertiary/aromatic N) is 4. The lowest BCUT2D eigenvalue weighted by molar-refractivity contribution is -0.136. The van der Waals surface area contributed by atoms with E-state index in [2.05, 4.69) is 22.9 Å². The van der Waals surface area contributed by atoms with Gasteiger partial charge in [0, 0.05) is 48.4 Å². The first-order chi connectivity index (χ1) is 19.2. The second-order valence-electron chi connectivity index (χ2n) is 10.7. The molecule has 40 heavy (non-hydrogen) atoms. The second kappa shape index (κ2) is 12.7. The van der Waals surface area contributed by atoms with Gasteiger partial charge in [0.25, 0.3) is 0 Å². The zero-order valence-corrected chi connectivity index (χ0v) is 24.7. The smallest absolute Gasteiger partial charge is 0.307 e. The molecular weight excluding hydrogens is 507 g/mol. The molecule has 0 bridgehead atoms. The molecule has 0 atom stereocenters. The van der Waals surface area contributed by atoms with Gasteiger partial charge in [0.2, 0.25) is 5.96 Å². The van der Waals surface area contributed by atoms with Gasteiger partial charge in [-0.15, -0.1) is 0 Å². The van der Waals surface area contributed by atoms with E-state index in [-0.39, 0.29) is 6.42 Å². The first-order valence-corrected chi connectivity index (χ1v) is 14.3.